The van der Waals surface area contributed by atoms with Gasteiger partial charge < -0.3 is 24.6 Å². The predicted molar refractivity (Wildman–Crippen MR) is 144 cm³/mol. The SMILES string of the molecule is CC1(C)OCc2cc([C@H](O)CNCCCCCCOCCCCc3cccc(S(N)(=O)=O)c3)ccc2O1. The van der Waals surface area contributed by atoms with Gasteiger partial charge >= 0.3 is 0 Å². The Kier molecular flexibility index (Phi) is 11.4. The predicted octanol–water partition coefficient (Wildman–Crippen LogP) is 4.20. The monoisotopic (exact) mass is 534 g/mol. The molecule has 1 heterocycles. The molecule has 0 amide bonds. The standard InChI is InChI=1S/C28H42N2O6S/c1-28(2)35-21-24-19-23(13-14-27(24)36-28)26(31)20-30-15-6-3-4-7-16-34-17-8-5-10-22-11-9-12-25(18-22)37(29,32)33/h9,11-14,18-19,26,30-31H,3-8,10,15-17,20-21H2,1-2H3,(H2,29,32,33)/t26-/m1/s1. The van der Waals surface area contributed by atoms with E-state index in [1.165, 1.54) is 6.07 Å². The summed E-state index contributed by atoms with van der Waals surface area (Å²) >= 11 is 0. The Hall–Kier alpha value is -2.01. The average molecular weight is 535 g/mol. The molecule has 0 bridgehead atoms. The number of sulfonamides is 1. The average Bonchev–Trinajstić information content (AvgIpc) is 2.85. The Balaban J connectivity index is 1.16. The van der Waals surface area contributed by atoms with Gasteiger partial charge in [-0.3, -0.25) is 0 Å². The van der Waals surface area contributed by atoms with Gasteiger partial charge in [0.15, 0.2) is 0 Å². The van der Waals surface area contributed by atoms with Crippen molar-refractivity contribution in [3.63, 3.8) is 0 Å². The van der Waals surface area contributed by atoms with E-state index in [4.69, 9.17) is 19.3 Å². The van der Waals surface area contributed by atoms with Gasteiger partial charge in [-0.05, 0) is 74.0 Å². The fourth-order valence-electron chi connectivity index (χ4n) is 4.24. The molecule has 2 aromatic carbocycles. The summed E-state index contributed by atoms with van der Waals surface area (Å²) in [6, 6.07) is 12.6. The molecule has 3 rings (SSSR count). The molecule has 0 radical (unpaired) electrons. The number of fused-ring (bicyclic) bond motifs is 1. The summed E-state index contributed by atoms with van der Waals surface area (Å²) in [5.74, 6) is 0.201. The topological polar surface area (TPSA) is 120 Å². The Morgan fingerprint density at radius 1 is 1.05 bits per heavy atom. The van der Waals surface area contributed by atoms with Crippen LogP contribution in [0.5, 0.6) is 5.75 Å². The molecular weight excluding hydrogens is 492 g/mol. The lowest BCUT2D eigenvalue weighted by Crippen LogP contribution is -2.35. The number of aliphatic hydroxyl groups is 1. The van der Waals surface area contributed by atoms with Crippen molar-refractivity contribution in [2.24, 2.45) is 5.14 Å². The molecule has 2 aromatic rings. The lowest BCUT2D eigenvalue weighted by molar-refractivity contribution is -0.180. The van der Waals surface area contributed by atoms with Gasteiger partial charge in [0.1, 0.15) is 5.75 Å². The van der Waals surface area contributed by atoms with Gasteiger partial charge in [0.25, 0.3) is 0 Å². The quantitative estimate of drug-likeness (QED) is 0.276. The third kappa shape index (κ3) is 10.3. The van der Waals surface area contributed by atoms with E-state index in [2.05, 4.69) is 5.32 Å². The van der Waals surface area contributed by atoms with Crippen molar-refractivity contribution in [3.05, 3.63) is 59.2 Å². The minimum absolute atomic E-state index is 0.164. The summed E-state index contributed by atoms with van der Waals surface area (Å²) in [4.78, 5) is 0.164. The first-order valence-electron chi connectivity index (χ1n) is 13.2. The van der Waals surface area contributed by atoms with Gasteiger partial charge in [-0.25, -0.2) is 13.6 Å². The molecule has 0 spiro atoms. The number of nitrogens with two attached hydrogens (primary N) is 1. The normalized spacial score (nSPS) is 15.7. The van der Waals surface area contributed by atoms with E-state index >= 15 is 0 Å². The van der Waals surface area contributed by atoms with Crippen molar-refractivity contribution in [2.45, 2.75) is 82.2 Å². The van der Waals surface area contributed by atoms with E-state index in [0.29, 0.717) is 19.8 Å². The molecule has 0 unspecified atom stereocenters. The van der Waals surface area contributed by atoms with E-state index in [0.717, 1.165) is 80.5 Å². The number of hydrogen-bond donors (Lipinski definition) is 3. The summed E-state index contributed by atoms with van der Waals surface area (Å²) < 4.78 is 40.1. The molecule has 0 aromatic heterocycles. The van der Waals surface area contributed by atoms with Crippen LogP contribution < -0.4 is 15.2 Å². The number of rotatable bonds is 16. The highest BCUT2D eigenvalue weighted by Gasteiger charge is 2.27. The van der Waals surface area contributed by atoms with E-state index in [-0.39, 0.29) is 4.90 Å². The van der Waals surface area contributed by atoms with Crippen LogP contribution in [0.15, 0.2) is 47.4 Å². The summed E-state index contributed by atoms with van der Waals surface area (Å²) in [5.41, 5.74) is 2.81. The second-order valence-corrected chi connectivity index (χ2v) is 11.6. The van der Waals surface area contributed by atoms with Crippen LogP contribution in [-0.2, 0) is 32.5 Å². The highest BCUT2D eigenvalue weighted by molar-refractivity contribution is 7.89. The van der Waals surface area contributed by atoms with E-state index in [9.17, 15) is 13.5 Å². The van der Waals surface area contributed by atoms with E-state index in [1.54, 1.807) is 12.1 Å². The molecule has 1 aliphatic heterocycles. The Bertz CT molecular complexity index is 1090. The van der Waals surface area contributed by atoms with Gasteiger partial charge in [-0.15, -0.1) is 0 Å². The Morgan fingerprint density at radius 2 is 1.81 bits per heavy atom. The molecule has 206 valence electrons. The summed E-state index contributed by atoms with van der Waals surface area (Å²) in [6.45, 7) is 7.13. The van der Waals surface area contributed by atoms with Crippen molar-refractivity contribution >= 4 is 10.0 Å². The zero-order valence-electron chi connectivity index (χ0n) is 22.1. The van der Waals surface area contributed by atoms with Crippen LogP contribution in [-0.4, -0.2) is 45.6 Å². The van der Waals surface area contributed by atoms with Gasteiger partial charge in [0, 0.05) is 39.2 Å². The number of unbranched alkanes of at least 4 members (excludes halogenated alkanes) is 4. The van der Waals surface area contributed by atoms with Crippen molar-refractivity contribution in [1.82, 2.24) is 5.32 Å². The number of aliphatic hydroxyl groups excluding tert-OH is 1. The maximum Gasteiger partial charge on any atom is 0.238 e. The fourth-order valence-corrected chi connectivity index (χ4v) is 4.83. The van der Waals surface area contributed by atoms with Crippen LogP contribution in [0.4, 0.5) is 0 Å². The van der Waals surface area contributed by atoms with Crippen LogP contribution in [0.2, 0.25) is 0 Å². The van der Waals surface area contributed by atoms with Crippen LogP contribution in [0, 0.1) is 0 Å². The van der Waals surface area contributed by atoms with E-state index in [1.807, 2.05) is 38.1 Å². The fraction of sp³-hybridized carbons (Fsp3) is 0.571. The molecule has 9 heteroatoms. The number of benzene rings is 2. The minimum atomic E-state index is -3.65. The lowest BCUT2D eigenvalue weighted by atomic mass is 10.0. The zero-order valence-corrected chi connectivity index (χ0v) is 22.9. The van der Waals surface area contributed by atoms with Crippen molar-refractivity contribution in [2.75, 3.05) is 26.3 Å². The molecule has 0 aliphatic carbocycles. The summed E-state index contributed by atoms with van der Waals surface area (Å²) in [7, 11) is -3.65. The molecule has 37 heavy (non-hydrogen) atoms. The first kappa shape index (κ1) is 29.5. The molecule has 1 aliphatic rings. The molecule has 8 nitrogen and oxygen atoms in total. The number of hydrogen-bond acceptors (Lipinski definition) is 7. The van der Waals surface area contributed by atoms with Crippen molar-refractivity contribution in [1.29, 1.82) is 0 Å². The Labute approximate surface area is 221 Å². The smallest absolute Gasteiger partial charge is 0.238 e. The van der Waals surface area contributed by atoms with Gasteiger partial charge in [0.2, 0.25) is 15.8 Å². The first-order valence-corrected chi connectivity index (χ1v) is 14.7. The second kappa shape index (κ2) is 14.2. The third-order valence-electron chi connectivity index (χ3n) is 6.36. The molecule has 0 fully saturated rings. The minimum Gasteiger partial charge on any atom is -0.463 e. The van der Waals surface area contributed by atoms with E-state index < -0.39 is 21.9 Å². The number of primary sulfonamides is 1. The third-order valence-corrected chi connectivity index (χ3v) is 7.27. The summed E-state index contributed by atoms with van der Waals surface area (Å²) in [6.07, 6.45) is 6.46. The number of ether oxygens (including phenoxy) is 3. The Morgan fingerprint density at radius 3 is 2.59 bits per heavy atom. The zero-order chi connectivity index (χ0) is 26.7. The second-order valence-electron chi connectivity index (χ2n) is 10.1. The van der Waals surface area contributed by atoms with Crippen LogP contribution in [0.1, 0.15) is 75.2 Å². The number of aryl methyl sites for hydroxylation is 1. The van der Waals surface area contributed by atoms with Crippen LogP contribution >= 0.6 is 0 Å². The maximum absolute atomic E-state index is 11.4. The molecule has 0 saturated heterocycles. The maximum atomic E-state index is 11.4. The van der Waals surface area contributed by atoms with Gasteiger partial charge in [-0.1, -0.05) is 31.0 Å². The lowest BCUT2D eigenvalue weighted by Gasteiger charge is -2.33. The molecule has 1 atom stereocenters. The molecule has 4 N–H and O–H groups in total. The van der Waals surface area contributed by atoms with Gasteiger partial charge in [0.05, 0.1) is 17.6 Å². The number of nitrogens with one attached hydrogen (secondary N) is 1. The van der Waals surface area contributed by atoms with Crippen LogP contribution in [0.25, 0.3) is 0 Å². The molecular formula is C28H42N2O6S. The summed E-state index contributed by atoms with van der Waals surface area (Å²) in [5, 5.41) is 19.0. The highest BCUT2D eigenvalue weighted by atomic mass is 32.2. The largest absolute Gasteiger partial charge is 0.463 e. The highest BCUT2D eigenvalue weighted by Crippen LogP contribution is 2.32. The van der Waals surface area contributed by atoms with Crippen molar-refractivity contribution < 1.29 is 27.7 Å². The molecule has 0 saturated carbocycles. The van der Waals surface area contributed by atoms with Crippen molar-refractivity contribution in [3.8, 4) is 5.75 Å². The van der Waals surface area contributed by atoms with Crippen LogP contribution in [0.3, 0.4) is 0 Å². The van der Waals surface area contributed by atoms with Gasteiger partial charge in [-0.2, -0.15) is 0 Å². The first-order chi connectivity index (χ1) is 17.6.